The number of allylic oxidation sites excluding steroid dienone is 1. The molecule has 20 heavy (non-hydrogen) atoms. The first-order valence-corrected chi connectivity index (χ1v) is 8.58. The maximum Gasteiger partial charge on any atom is 0.403 e. The van der Waals surface area contributed by atoms with Crippen LogP contribution in [0.5, 0.6) is 0 Å². The number of carbonyl (C=O) groups excluding carboxylic acids is 1. The minimum absolute atomic E-state index is 0.466. The molecule has 0 radical (unpaired) electrons. The fourth-order valence-electron chi connectivity index (χ4n) is 2.31. The molecule has 0 unspecified atom stereocenters. The Balaban J connectivity index is 2.95. The Labute approximate surface area is 129 Å². The number of hydrogen-bond donors (Lipinski definition) is 0. The summed E-state index contributed by atoms with van der Waals surface area (Å²) < 4.78 is 4.67. The van der Waals surface area contributed by atoms with Gasteiger partial charge in [0.05, 0.1) is 6.61 Å². The molecule has 0 aromatic carbocycles. The topological polar surface area (TPSA) is 26.3 Å². The van der Waals surface area contributed by atoms with Crippen LogP contribution in [0.15, 0.2) is 12.7 Å². The van der Waals surface area contributed by atoms with Crippen molar-refractivity contribution in [3.8, 4) is 0 Å². The Morgan fingerprint density at radius 2 is 1.20 bits per heavy atom. The minimum atomic E-state index is -0.686. The predicted molar refractivity (Wildman–Crippen MR) is 87.4 cm³/mol. The summed E-state index contributed by atoms with van der Waals surface area (Å²) in [6.45, 7) is 4.21. The molecular weight excluding hydrogens is 272 g/mol. The van der Waals surface area contributed by atoms with Gasteiger partial charge in [0.2, 0.25) is 0 Å². The average Bonchev–Trinajstić information content (AvgIpc) is 2.43. The summed E-state index contributed by atoms with van der Waals surface area (Å²) in [5.74, 6) is 0. The van der Waals surface area contributed by atoms with Gasteiger partial charge in [-0.1, -0.05) is 70.3 Å². The van der Waals surface area contributed by atoms with Crippen LogP contribution in [0.3, 0.4) is 0 Å². The number of rotatable bonds is 15. The van der Waals surface area contributed by atoms with Gasteiger partial charge in [0.25, 0.3) is 0 Å². The molecule has 0 saturated carbocycles. The number of ether oxygens (including phenoxy) is 1. The Kier molecular flexibility index (Phi) is 16.1. The highest BCUT2D eigenvalue weighted by atomic mass is 35.5. The molecule has 0 aliphatic heterocycles. The third-order valence-electron chi connectivity index (χ3n) is 3.52. The smallest absolute Gasteiger partial charge is 0.403 e. The van der Waals surface area contributed by atoms with Crippen LogP contribution in [0.4, 0.5) is 4.79 Å². The van der Waals surface area contributed by atoms with E-state index in [0.717, 1.165) is 12.8 Å². The van der Waals surface area contributed by atoms with Gasteiger partial charge in [-0.05, 0) is 19.3 Å². The Bertz CT molecular complexity index is 229. The maximum atomic E-state index is 10.3. The Morgan fingerprint density at radius 1 is 0.800 bits per heavy atom. The first-order valence-electron chi connectivity index (χ1n) is 8.20. The number of hydrogen-bond acceptors (Lipinski definition) is 2. The molecule has 0 aliphatic rings. The molecule has 0 N–H and O–H groups in total. The molecule has 0 saturated heterocycles. The van der Waals surface area contributed by atoms with Crippen LogP contribution in [0.2, 0.25) is 0 Å². The van der Waals surface area contributed by atoms with E-state index in [1.54, 1.807) is 0 Å². The number of halogens is 1. The molecule has 0 amide bonds. The molecular formula is C17H31ClO2. The monoisotopic (exact) mass is 302 g/mol. The van der Waals surface area contributed by atoms with Crippen LogP contribution in [0.25, 0.3) is 0 Å². The molecule has 118 valence electrons. The van der Waals surface area contributed by atoms with E-state index in [0.29, 0.717) is 6.61 Å². The van der Waals surface area contributed by atoms with Crippen molar-refractivity contribution in [1.29, 1.82) is 0 Å². The third-order valence-corrected chi connectivity index (χ3v) is 3.63. The van der Waals surface area contributed by atoms with Crippen molar-refractivity contribution in [3.05, 3.63) is 12.7 Å². The molecule has 3 heteroatoms. The zero-order valence-electron chi connectivity index (χ0n) is 12.9. The highest BCUT2D eigenvalue weighted by Crippen LogP contribution is 2.12. The second-order valence-electron chi connectivity index (χ2n) is 5.41. The molecule has 0 rings (SSSR count). The second-order valence-corrected chi connectivity index (χ2v) is 5.71. The predicted octanol–water partition coefficient (Wildman–Crippen LogP) is 6.62. The zero-order valence-corrected chi connectivity index (χ0v) is 13.6. The van der Waals surface area contributed by atoms with Gasteiger partial charge in [-0.3, -0.25) is 0 Å². The van der Waals surface area contributed by atoms with Crippen LogP contribution in [-0.2, 0) is 4.74 Å². The number of unbranched alkanes of at least 4 members (excludes halogenated alkanes) is 12. The summed E-state index contributed by atoms with van der Waals surface area (Å²) in [7, 11) is 0. The van der Waals surface area contributed by atoms with Crippen LogP contribution >= 0.6 is 11.6 Å². The SMILES string of the molecule is C=CCCCCCCCCCCCCCCOC(=O)Cl. The van der Waals surface area contributed by atoms with Crippen molar-refractivity contribution in [2.45, 2.75) is 83.5 Å². The van der Waals surface area contributed by atoms with Crippen molar-refractivity contribution in [2.24, 2.45) is 0 Å². The highest BCUT2D eigenvalue weighted by molar-refractivity contribution is 6.61. The summed E-state index contributed by atoms with van der Waals surface area (Å²) in [6.07, 6.45) is 18.7. The molecule has 0 bridgehead atoms. The first-order chi connectivity index (χ1) is 9.77. The third kappa shape index (κ3) is 17.5. The second kappa shape index (κ2) is 16.6. The van der Waals surface area contributed by atoms with Crippen LogP contribution in [0.1, 0.15) is 83.5 Å². The number of carbonyl (C=O) groups is 1. The normalized spacial score (nSPS) is 10.4. The average molecular weight is 303 g/mol. The maximum absolute atomic E-state index is 10.3. The van der Waals surface area contributed by atoms with E-state index < -0.39 is 5.43 Å². The highest BCUT2D eigenvalue weighted by Gasteiger charge is 1.96. The summed E-state index contributed by atoms with van der Waals surface area (Å²) in [5.41, 5.74) is -0.686. The molecule has 0 spiro atoms. The molecule has 0 heterocycles. The Hall–Kier alpha value is -0.500. The summed E-state index contributed by atoms with van der Waals surface area (Å²) >= 11 is 5.07. The van der Waals surface area contributed by atoms with E-state index in [1.807, 2.05) is 6.08 Å². The van der Waals surface area contributed by atoms with Crippen molar-refractivity contribution in [2.75, 3.05) is 6.61 Å². The molecule has 0 atom stereocenters. The van der Waals surface area contributed by atoms with Gasteiger partial charge < -0.3 is 4.74 Å². The molecule has 0 aliphatic carbocycles. The summed E-state index contributed by atoms with van der Waals surface area (Å²) in [5, 5.41) is 0. The van der Waals surface area contributed by atoms with Crippen LogP contribution in [0, 0.1) is 0 Å². The standard InChI is InChI=1S/C17H31ClO2/c1-2-3-4-5-6-7-8-9-10-11-12-13-14-15-16-20-17(18)19/h2H,1,3-16H2. The van der Waals surface area contributed by atoms with Crippen molar-refractivity contribution >= 4 is 17.0 Å². The molecule has 2 nitrogen and oxygen atoms in total. The van der Waals surface area contributed by atoms with Gasteiger partial charge in [-0.15, -0.1) is 6.58 Å². The van der Waals surface area contributed by atoms with E-state index in [-0.39, 0.29) is 0 Å². The van der Waals surface area contributed by atoms with Gasteiger partial charge in [-0.2, -0.15) is 0 Å². The van der Waals surface area contributed by atoms with E-state index in [9.17, 15) is 4.79 Å². The van der Waals surface area contributed by atoms with Crippen molar-refractivity contribution < 1.29 is 9.53 Å². The van der Waals surface area contributed by atoms with Gasteiger partial charge in [0.1, 0.15) is 0 Å². The zero-order chi connectivity index (χ0) is 14.9. The fourth-order valence-corrected chi connectivity index (χ4v) is 2.39. The lowest BCUT2D eigenvalue weighted by atomic mass is 10.0. The van der Waals surface area contributed by atoms with Gasteiger partial charge in [0, 0.05) is 11.6 Å². The van der Waals surface area contributed by atoms with Crippen molar-refractivity contribution in [3.63, 3.8) is 0 Å². The Morgan fingerprint density at radius 3 is 1.60 bits per heavy atom. The van der Waals surface area contributed by atoms with E-state index >= 15 is 0 Å². The lowest BCUT2D eigenvalue weighted by molar-refractivity contribution is 0.170. The van der Waals surface area contributed by atoms with Crippen LogP contribution < -0.4 is 0 Å². The first kappa shape index (κ1) is 19.5. The van der Waals surface area contributed by atoms with Gasteiger partial charge in [0.15, 0.2) is 0 Å². The van der Waals surface area contributed by atoms with Crippen LogP contribution in [-0.4, -0.2) is 12.0 Å². The lowest BCUT2D eigenvalue weighted by Crippen LogP contribution is -1.96. The van der Waals surface area contributed by atoms with E-state index in [1.165, 1.54) is 70.6 Å². The molecule has 0 aromatic heterocycles. The quantitative estimate of drug-likeness (QED) is 0.193. The largest absolute Gasteiger partial charge is 0.454 e. The van der Waals surface area contributed by atoms with Gasteiger partial charge in [-0.25, -0.2) is 4.79 Å². The van der Waals surface area contributed by atoms with E-state index in [4.69, 9.17) is 11.6 Å². The summed E-state index contributed by atoms with van der Waals surface area (Å²) in [4.78, 5) is 10.3. The van der Waals surface area contributed by atoms with E-state index in [2.05, 4.69) is 11.3 Å². The molecule has 0 fully saturated rings. The lowest BCUT2D eigenvalue weighted by Gasteiger charge is -2.03. The fraction of sp³-hybridized carbons (Fsp3) is 0.824. The molecule has 0 aromatic rings. The summed E-state index contributed by atoms with van der Waals surface area (Å²) in [6, 6.07) is 0. The van der Waals surface area contributed by atoms with Crippen molar-refractivity contribution in [1.82, 2.24) is 0 Å². The minimum Gasteiger partial charge on any atom is -0.454 e. The van der Waals surface area contributed by atoms with Gasteiger partial charge >= 0.3 is 5.43 Å².